The van der Waals surface area contributed by atoms with E-state index in [9.17, 15) is 9.59 Å². The van der Waals surface area contributed by atoms with Gasteiger partial charge in [-0.1, -0.05) is 12.1 Å². The van der Waals surface area contributed by atoms with Crippen molar-refractivity contribution in [3.63, 3.8) is 0 Å². The molecule has 0 spiro atoms. The number of carboxylic acids is 1. The van der Waals surface area contributed by atoms with Crippen LogP contribution in [0.5, 0.6) is 5.75 Å². The number of benzene rings is 1. The summed E-state index contributed by atoms with van der Waals surface area (Å²) in [7, 11) is 0. The van der Waals surface area contributed by atoms with Crippen molar-refractivity contribution in [1.29, 1.82) is 0 Å². The van der Waals surface area contributed by atoms with E-state index in [1.165, 1.54) is 0 Å². The number of carboxylic acid groups (broad SMARTS) is 1. The van der Waals surface area contributed by atoms with Crippen LogP contribution < -0.4 is 4.74 Å². The topological polar surface area (TPSA) is 66.8 Å². The van der Waals surface area contributed by atoms with Crippen LogP contribution in [0.15, 0.2) is 24.3 Å². The molecule has 0 unspecified atom stereocenters. The van der Waals surface area contributed by atoms with E-state index in [0.29, 0.717) is 32.5 Å². The first-order chi connectivity index (χ1) is 9.56. The van der Waals surface area contributed by atoms with Crippen molar-refractivity contribution < 1.29 is 19.4 Å². The highest BCUT2D eigenvalue weighted by molar-refractivity contribution is 5.80. The number of nitrogens with zero attached hydrogens (tertiary/aromatic N) is 1. The Balaban J connectivity index is 1.62. The van der Waals surface area contributed by atoms with Gasteiger partial charge in [0.25, 0.3) is 0 Å². The van der Waals surface area contributed by atoms with Crippen LogP contribution >= 0.6 is 0 Å². The second-order valence-electron chi connectivity index (χ2n) is 5.10. The minimum Gasteiger partial charge on any atom is -0.494 e. The van der Waals surface area contributed by atoms with E-state index in [2.05, 4.69) is 0 Å². The predicted molar refractivity (Wildman–Crippen MR) is 73.6 cm³/mol. The lowest BCUT2D eigenvalue weighted by Gasteiger charge is -2.36. The Morgan fingerprint density at radius 1 is 1.40 bits per heavy atom. The highest BCUT2D eigenvalue weighted by Gasteiger charge is 2.34. The minimum absolute atomic E-state index is 0.00958. The molecule has 0 aliphatic carbocycles. The summed E-state index contributed by atoms with van der Waals surface area (Å²) in [6.07, 6.45) is 1.04. The highest BCUT2D eigenvalue weighted by atomic mass is 16.5. The van der Waals surface area contributed by atoms with E-state index in [1.807, 2.05) is 31.2 Å². The van der Waals surface area contributed by atoms with E-state index in [1.54, 1.807) is 4.90 Å². The number of aryl methyl sites for hydroxylation is 1. The fourth-order valence-electron chi connectivity index (χ4n) is 2.12. The van der Waals surface area contributed by atoms with Gasteiger partial charge < -0.3 is 14.7 Å². The van der Waals surface area contributed by atoms with Crippen LogP contribution in [0.3, 0.4) is 0 Å². The molecule has 0 radical (unpaired) electrons. The first kappa shape index (κ1) is 14.4. The van der Waals surface area contributed by atoms with Gasteiger partial charge in [-0.15, -0.1) is 0 Å². The fraction of sp³-hybridized carbons (Fsp3) is 0.467. The van der Waals surface area contributed by atoms with Gasteiger partial charge in [0.1, 0.15) is 5.75 Å². The number of ether oxygens (including phenoxy) is 1. The Morgan fingerprint density at radius 2 is 2.15 bits per heavy atom. The Morgan fingerprint density at radius 3 is 2.80 bits per heavy atom. The summed E-state index contributed by atoms with van der Waals surface area (Å²) in [6.45, 7) is 3.17. The van der Waals surface area contributed by atoms with Crippen LogP contribution in [0, 0.1) is 12.8 Å². The summed E-state index contributed by atoms with van der Waals surface area (Å²) >= 11 is 0. The number of hydrogen-bond acceptors (Lipinski definition) is 3. The van der Waals surface area contributed by atoms with Crippen molar-refractivity contribution in [2.75, 3.05) is 19.7 Å². The van der Waals surface area contributed by atoms with Crippen LogP contribution in [-0.4, -0.2) is 41.6 Å². The van der Waals surface area contributed by atoms with Gasteiger partial charge in [-0.25, -0.2) is 0 Å². The number of likely N-dealkylation sites (tertiary alicyclic amines) is 1. The second kappa shape index (κ2) is 6.41. The van der Waals surface area contributed by atoms with Crippen LogP contribution in [0.4, 0.5) is 0 Å². The number of aliphatic carboxylic acids is 1. The largest absolute Gasteiger partial charge is 0.494 e. The van der Waals surface area contributed by atoms with E-state index in [0.717, 1.165) is 11.3 Å². The molecular formula is C15H19NO4. The van der Waals surface area contributed by atoms with Gasteiger partial charge in [0.2, 0.25) is 5.91 Å². The maximum Gasteiger partial charge on any atom is 0.310 e. The maximum atomic E-state index is 11.7. The Hall–Kier alpha value is -2.04. The van der Waals surface area contributed by atoms with Crippen LogP contribution in [0.25, 0.3) is 0 Å². The third-order valence-corrected chi connectivity index (χ3v) is 3.38. The third-order valence-electron chi connectivity index (χ3n) is 3.38. The Labute approximate surface area is 118 Å². The summed E-state index contributed by atoms with van der Waals surface area (Å²) in [5.41, 5.74) is 1.14. The smallest absolute Gasteiger partial charge is 0.310 e. The molecule has 1 saturated heterocycles. The van der Waals surface area contributed by atoms with Crippen LogP contribution in [0.1, 0.15) is 18.4 Å². The summed E-state index contributed by atoms with van der Waals surface area (Å²) in [5, 5.41) is 8.74. The molecule has 1 aliphatic rings. The lowest BCUT2D eigenvalue weighted by atomic mass is 10.00. The number of carbonyl (C=O) groups excluding carboxylic acids is 1. The number of rotatable bonds is 6. The SMILES string of the molecule is Cc1cccc(OCCCC(=O)N2CC(C(=O)O)C2)c1. The third kappa shape index (κ3) is 3.73. The molecule has 20 heavy (non-hydrogen) atoms. The van der Waals surface area contributed by atoms with Crippen LogP contribution in [0.2, 0.25) is 0 Å². The molecule has 1 amide bonds. The van der Waals surface area contributed by atoms with Crippen molar-refractivity contribution >= 4 is 11.9 Å². The number of hydrogen-bond donors (Lipinski definition) is 1. The number of carbonyl (C=O) groups is 2. The van der Waals surface area contributed by atoms with E-state index in [4.69, 9.17) is 9.84 Å². The normalized spacial score (nSPS) is 14.8. The van der Waals surface area contributed by atoms with Gasteiger partial charge in [0.05, 0.1) is 12.5 Å². The molecule has 1 fully saturated rings. The Kier molecular flexibility index (Phi) is 4.61. The van der Waals surface area contributed by atoms with Gasteiger partial charge in [0.15, 0.2) is 0 Å². The van der Waals surface area contributed by atoms with Crippen molar-refractivity contribution in [3.05, 3.63) is 29.8 Å². The quantitative estimate of drug-likeness (QED) is 0.804. The molecule has 1 N–H and O–H groups in total. The van der Waals surface area contributed by atoms with Crippen molar-refractivity contribution in [3.8, 4) is 5.75 Å². The standard InChI is InChI=1S/C15H19NO4/c1-11-4-2-5-13(8-11)20-7-3-6-14(17)16-9-12(10-16)15(18)19/h2,4-5,8,12H,3,6-7,9-10H2,1H3,(H,18,19). The second-order valence-corrected chi connectivity index (χ2v) is 5.10. The van der Waals surface area contributed by atoms with Gasteiger partial charge in [-0.3, -0.25) is 9.59 Å². The average molecular weight is 277 g/mol. The van der Waals surface area contributed by atoms with E-state index in [-0.39, 0.29) is 11.8 Å². The zero-order valence-electron chi connectivity index (χ0n) is 11.5. The molecule has 5 heteroatoms. The van der Waals surface area contributed by atoms with Gasteiger partial charge in [-0.2, -0.15) is 0 Å². The van der Waals surface area contributed by atoms with E-state index < -0.39 is 5.97 Å². The van der Waals surface area contributed by atoms with Gasteiger partial charge >= 0.3 is 5.97 Å². The number of amides is 1. The zero-order chi connectivity index (χ0) is 14.5. The zero-order valence-corrected chi connectivity index (χ0v) is 11.5. The summed E-state index contributed by atoms with van der Waals surface area (Å²) in [4.78, 5) is 24.0. The lowest BCUT2D eigenvalue weighted by molar-refractivity contribution is -0.152. The molecule has 1 aliphatic heterocycles. The molecular weight excluding hydrogens is 258 g/mol. The average Bonchev–Trinajstić information content (AvgIpc) is 2.32. The molecule has 0 atom stereocenters. The molecule has 108 valence electrons. The Bertz CT molecular complexity index is 494. The fourth-order valence-corrected chi connectivity index (χ4v) is 2.12. The summed E-state index contributed by atoms with van der Waals surface area (Å²) in [5.74, 6) is -0.387. The van der Waals surface area contributed by atoms with Crippen molar-refractivity contribution in [1.82, 2.24) is 4.90 Å². The molecule has 1 aromatic carbocycles. The molecule has 1 heterocycles. The molecule has 5 nitrogen and oxygen atoms in total. The summed E-state index contributed by atoms with van der Waals surface area (Å²) in [6, 6.07) is 7.78. The lowest BCUT2D eigenvalue weighted by Crippen LogP contribution is -2.53. The minimum atomic E-state index is -0.822. The predicted octanol–water partition coefficient (Wildman–Crippen LogP) is 1.70. The van der Waals surface area contributed by atoms with E-state index >= 15 is 0 Å². The molecule has 0 saturated carbocycles. The monoisotopic (exact) mass is 277 g/mol. The molecule has 0 aromatic heterocycles. The molecule has 0 bridgehead atoms. The molecule has 1 aromatic rings. The maximum absolute atomic E-state index is 11.7. The van der Waals surface area contributed by atoms with Gasteiger partial charge in [-0.05, 0) is 31.0 Å². The highest BCUT2D eigenvalue weighted by Crippen LogP contribution is 2.17. The first-order valence-corrected chi connectivity index (χ1v) is 6.76. The molecule has 2 rings (SSSR count). The van der Waals surface area contributed by atoms with Crippen molar-refractivity contribution in [2.24, 2.45) is 5.92 Å². The van der Waals surface area contributed by atoms with Crippen molar-refractivity contribution in [2.45, 2.75) is 19.8 Å². The summed E-state index contributed by atoms with van der Waals surface area (Å²) < 4.78 is 5.56. The first-order valence-electron chi connectivity index (χ1n) is 6.76. The van der Waals surface area contributed by atoms with Gasteiger partial charge in [0, 0.05) is 19.5 Å². The van der Waals surface area contributed by atoms with Crippen LogP contribution in [-0.2, 0) is 9.59 Å².